The number of aliphatic hydroxyl groups is 1. The highest BCUT2D eigenvalue weighted by Crippen LogP contribution is 2.26. The summed E-state index contributed by atoms with van der Waals surface area (Å²) < 4.78 is 43.7. The minimum atomic E-state index is -3.72. The monoisotopic (exact) mass is 444 g/mol. The van der Waals surface area contributed by atoms with E-state index in [1.54, 1.807) is 13.3 Å². The molecular weight excluding hydrogens is 415 g/mol. The topological polar surface area (TPSA) is 137 Å². The minimum Gasteiger partial charge on any atom is -0.391 e. The molecule has 2 aromatic heterocycles. The Morgan fingerprint density at radius 2 is 2.07 bits per heavy atom. The Balaban J connectivity index is 1.93. The first-order valence-electron chi connectivity index (χ1n) is 9.96. The SMILES string of the molecule is CC[C@H](Nc1nc(NC2CN(S(=O)(=O)NC)CC2F)c2ncn(CC)c2n1)[C@@H](C)O. The van der Waals surface area contributed by atoms with Crippen LogP contribution in [0.3, 0.4) is 0 Å². The van der Waals surface area contributed by atoms with Gasteiger partial charge in [-0.1, -0.05) is 6.92 Å². The van der Waals surface area contributed by atoms with Crippen LogP contribution in [-0.4, -0.2) is 81.8 Å². The van der Waals surface area contributed by atoms with E-state index in [-0.39, 0.29) is 25.1 Å². The van der Waals surface area contributed by atoms with E-state index in [1.165, 1.54) is 7.05 Å². The summed E-state index contributed by atoms with van der Waals surface area (Å²) in [6.45, 7) is 5.90. The zero-order valence-electron chi connectivity index (χ0n) is 17.5. The standard InChI is InChI=1S/C17H29FN8O3S/c1-5-12(10(3)27)22-17-23-15(14-16(24-17)25(6-2)9-20-14)21-13-8-26(7-11(13)18)30(28,29)19-4/h9-13,19,27H,5-8H2,1-4H3,(H2,21,22,23,24)/t10-,11?,12+,13?/m1/s1. The minimum absolute atomic E-state index is 0.0433. The molecule has 2 unspecified atom stereocenters. The van der Waals surface area contributed by atoms with Crippen LogP contribution in [0.25, 0.3) is 11.2 Å². The fourth-order valence-electron chi connectivity index (χ4n) is 3.44. The molecule has 0 aliphatic carbocycles. The first kappa shape index (κ1) is 22.6. The quantitative estimate of drug-likeness (QED) is 0.434. The van der Waals surface area contributed by atoms with Gasteiger partial charge in [-0.05, 0) is 20.3 Å². The molecule has 0 aromatic carbocycles. The number of aliphatic hydroxyl groups excluding tert-OH is 1. The van der Waals surface area contributed by atoms with Crippen LogP contribution in [0.15, 0.2) is 6.33 Å². The van der Waals surface area contributed by atoms with Gasteiger partial charge in [0, 0.05) is 26.7 Å². The Kier molecular flexibility index (Phi) is 6.75. The predicted octanol–water partition coefficient (Wildman–Crippen LogP) is 0.316. The Labute approximate surface area is 175 Å². The maximum Gasteiger partial charge on any atom is 0.279 e. The lowest BCUT2D eigenvalue weighted by atomic mass is 10.1. The first-order chi connectivity index (χ1) is 14.2. The van der Waals surface area contributed by atoms with E-state index < -0.39 is 28.5 Å². The third-order valence-corrected chi connectivity index (χ3v) is 6.77. The van der Waals surface area contributed by atoms with Crippen LogP contribution in [0.2, 0.25) is 0 Å². The van der Waals surface area contributed by atoms with Gasteiger partial charge in [0.25, 0.3) is 10.2 Å². The lowest BCUT2D eigenvalue weighted by Crippen LogP contribution is -2.38. The molecule has 0 amide bonds. The molecule has 1 aliphatic heterocycles. The number of anilines is 2. The predicted molar refractivity (Wildman–Crippen MR) is 112 cm³/mol. The number of nitrogens with zero attached hydrogens (tertiary/aromatic N) is 5. The smallest absolute Gasteiger partial charge is 0.279 e. The van der Waals surface area contributed by atoms with Gasteiger partial charge in [0.2, 0.25) is 5.95 Å². The summed E-state index contributed by atoms with van der Waals surface area (Å²) in [4.78, 5) is 13.3. The lowest BCUT2D eigenvalue weighted by molar-refractivity contribution is 0.169. The van der Waals surface area contributed by atoms with Crippen molar-refractivity contribution in [3.63, 3.8) is 0 Å². The van der Waals surface area contributed by atoms with Crippen LogP contribution in [0.5, 0.6) is 0 Å². The molecule has 0 bridgehead atoms. The third-order valence-electron chi connectivity index (χ3n) is 5.28. The molecule has 2 aromatic rings. The lowest BCUT2D eigenvalue weighted by Gasteiger charge is -2.21. The number of aryl methyl sites for hydroxylation is 1. The number of halogens is 1. The van der Waals surface area contributed by atoms with Crippen LogP contribution in [0.4, 0.5) is 16.2 Å². The normalized spacial score (nSPS) is 22.3. The summed E-state index contributed by atoms with van der Waals surface area (Å²) in [6.07, 6.45) is 0.247. The van der Waals surface area contributed by atoms with Crippen molar-refractivity contribution < 1.29 is 17.9 Å². The molecule has 0 spiro atoms. The van der Waals surface area contributed by atoms with Crippen LogP contribution < -0.4 is 15.4 Å². The van der Waals surface area contributed by atoms with Crippen molar-refractivity contribution in [3.8, 4) is 0 Å². The fourth-order valence-corrected chi connectivity index (χ4v) is 4.39. The molecule has 1 saturated heterocycles. The van der Waals surface area contributed by atoms with Crippen LogP contribution in [0, 0.1) is 0 Å². The van der Waals surface area contributed by atoms with Gasteiger partial charge in [-0.25, -0.2) is 14.1 Å². The van der Waals surface area contributed by atoms with Gasteiger partial charge in [-0.3, -0.25) is 0 Å². The van der Waals surface area contributed by atoms with Crippen molar-refractivity contribution in [1.82, 2.24) is 28.5 Å². The number of rotatable bonds is 9. The van der Waals surface area contributed by atoms with Gasteiger partial charge in [-0.15, -0.1) is 0 Å². The molecule has 1 fully saturated rings. The molecule has 0 saturated carbocycles. The Bertz CT molecular complexity index is 983. The summed E-state index contributed by atoms with van der Waals surface area (Å²) in [5.41, 5.74) is 1.03. The summed E-state index contributed by atoms with van der Waals surface area (Å²) in [5, 5.41) is 16.1. The second-order valence-corrected chi connectivity index (χ2v) is 9.17. The molecule has 3 heterocycles. The van der Waals surface area contributed by atoms with E-state index >= 15 is 0 Å². The molecule has 4 atom stereocenters. The van der Waals surface area contributed by atoms with Crippen molar-refractivity contribution >= 4 is 33.1 Å². The molecule has 1 aliphatic rings. The van der Waals surface area contributed by atoms with Crippen LogP contribution in [0.1, 0.15) is 27.2 Å². The first-order valence-corrected chi connectivity index (χ1v) is 11.4. The van der Waals surface area contributed by atoms with E-state index in [9.17, 15) is 17.9 Å². The van der Waals surface area contributed by atoms with Gasteiger partial charge >= 0.3 is 0 Å². The van der Waals surface area contributed by atoms with E-state index in [0.717, 1.165) is 4.31 Å². The Morgan fingerprint density at radius 3 is 2.67 bits per heavy atom. The van der Waals surface area contributed by atoms with E-state index in [0.29, 0.717) is 29.9 Å². The zero-order chi connectivity index (χ0) is 22.1. The number of hydrogen-bond acceptors (Lipinski definition) is 8. The number of imidazole rings is 1. The number of fused-ring (bicyclic) bond motifs is 1. The van der Waals surface area contributed by atoms with Gasteiger partial charge in [0.15, 0.2) is 17.0 Å². The average molecular weight is 445 g/mol. The zero-order valence-corrected chi connectivity index (χ0v) is 18.3. The van der Waals surface area contributed by atoms with Gasteiger partial charge < -0.3 is 20.3 Å². The van der Waals surface area contributed by atoms with Gasteiger partial charge in [-0.2, -0.15) is 22.7 Å². The second kappa shape index (κ2) is 8.96. The number of alkyl halides is 1. The Morgan fingerprint density at radius 1 is 1.33 bits per heavy atom. The van der Waals surface area contributed by atoms with Crippen LogP contribution in [-0.2, 0) is 16.8 Å². The molecule has 11 nitrogen and oxygen atoms in total. The molecule has 13 heteroatoms. The molecular formula is C17H29FN8O3S. The number of aromatic nitrogens is 4. The van der Waals surface area contributed by atoms with E-state index in [4.69, 9.17) is 0 Å². The molecule has 0 radical (unpaired) electrons. The molecule has 30 heavy (non-hydrogen) atoms. The fraction of sp³-hybridized carbons (Fsp3) is 0.706. The summed E-state index contributed by atoms with van der Waals surface area (Å²) in [6, 6.07) is -1.05. The van der Waals surface area contributed by atoms with Crippen molar-refractivity contribution in [2.45, 2.75) is 58.1 Å². The highest BCUT2D eigenvalue weighted by molar-refractivity contribution is 7.87. The number of hydrogen-bond donors (Lipinski definition) is 4. The van der Waals surface area contributed by atoms with Gasteiger partial charge in [0.05, 0.1) is 24.5 Å². The molecule has 168 valence electrons. The summed E-state index contributed by atoms with van der Waals surface area (Å²) in [5.74, 6) is 0.590. The van der Waals surface area contributed by atoms with Crippen molar-refractivity contribution in [2.24, 2.45) is 0 Å². The highest BCUT2D eigenvalue weighted by atomic mass is 32.2. The number of nitrogens with one attached hydrogen (secondary N) is 3. The molecule has 4 N–H and O–H groups in total. The molecule has 3 rings (SSSR count). The van der Waals surface area contributed by atoms with Crippen LogP contribution >= 0.6 is 0 Å². The van der Waals surface area contributed by atoms with Crippen molar-refractivity contribution in [1.29, 1.82) is 0 Å². The van der Waals surface area contributed by atoms with Gasteiger partial charge in [0.1, 0.15) is 6.17 Å². The Hall–Kier alpha value is -2.09. The largest absolute Gasteiger partial charge is 0.391 e. The van der Waals surface area contributed by atoms with Crippen molar-refractivity contribution in [3.05, 3.63) is 6.33 Å². The summed E-state index contributed by atoms with van der Waals surface area (Å²) in [7, 11) is -2.43. The third kappa shape index (κ3) is 4.48. The second-order valence-electron chi connectivity index (χ2n) is 7.29. The maximum absolute atomic E-state index is 14.6. The average Bonchev–Trinajstić information content (AvgIpc) is 3.29. The van der Waals surface area contributed by atoms with E-state index in [1.807, 2.05) is 18.4 Å². The highest BCUT2D eigenvalue weighted by Gasteiger charge is 2.39. The van der Waals surface area contributed by atoms with Crippen molar-refractivity contribution in [2.75, 3.05) is 30.8 Å². The summed E-state index contributed by atoms with van der Waals surface area (Å²) >= 11 is 0. The van der Waals surface area contributed by atoms with E-state index in [2.05, 4.69) is 30.3 Å². The maximum atomic E-state index is 14.6.